The van der Waals surface area contributed by atoms with Gasteiger partial charge in [-0.15, -0.1) is 0 Å². The van der Waals surface area contributed by atoms with E-state index in [1.165, 1.54) is 0 Å². The summed E-state index contributed by atoms with van der Waals surface area (Å²) in [6.45, 7) is 1.68. The standard InChI is InChI=1S/C19H13F11O2/c1-2-3-9-6-12(21)15(13(22)7-9)18(27,28)31-10-4-5-14(11(20)8-10)32-19(29,30)16(23)17(24,25)26/h4-8,16H,2-3H2,1H3. The Morgan fingerprint density at radius 3 is 1.84 bits per heavy atom. The van der Waals surface area contributed by atoms with Gasteiger partial charge in [0.2, 0.25) is 0 Å². The molecule has 0 fully saturated rings. The van der Waals surface area contributed by atoms with Gasteiger partial charge < -0.3 is 9.47 Å². The molecular formula is C19H13F11O2. The number of aryl methyl sites for hydroxylation is 1. The van der Waals surface area contributed by atoms with Crippen molar-refractivity contribution >= 4 is 0 Å². The molecule has 0 heterocycles. The summed E-state index contributed by atoms with van der Waals surface area (Å²) in [5.74, 6) is -8.04. The molecule has 2 rings (SSSR count). The van der Waals surface area contributed by atoms with E-state index in [0.717, 1.165) is 0 Å². The lowest BCUT2D eigenvalue weighted by molar-refractivity contribution is -0.305. The number of halogens is 11. The summed E-state index contributed by atoms with van der Waals surface area (Å²) in [6, 6.07) is 1.75. The molecular weight excluding hydrogens is 469 g/mol. The smallest absolute Gasteiger partial charge is 0.429 e. The molecule has 13 heteroatoms. The molecule has 0 N–H and O–H groups in total. The van der Waals surface area contributed by atoms with Crippen LogP contribution < -0.4 is 9.47 Å². The molecule has 2 nitrogen and oxygen atoms in total. The van der Waals surface area contributed by atoms with Gasteiger partial charge in [-0.25, -0.2) is 17.6 Å². The fraction of sp³-hybridized carbons (Fsp3) is 0.368. The van der Waals surface area contributed by atoms with Gasteiger partial charge in [-0.2, -0.15) is 30.7 Å². The number of ether oxygens (including phenoxy) is 2. The Bertz CT molecular complexity index is 934. The van der Waals surface area contributed by atoms with Crippen molar-refractivity contribution in [2.45, 2.75) is 44.3 Å². The van der Waals surface area contributed by atoms with Gasteiger partial charge in [0.15, 0.2) is 11.6 Å². The van der Waals surface area contributed by atoms with Crippen LogP contribution in [-0.4, -0.2) is 18.5 Å². The molecule has 0 saturated heterocycles. The Morgan fingerprint density at radius 1 is 0.812 bits per heavy atom. The van der Waals surface area contributed by atoms with E-state index in [4.69, 9.17) is 0 Å². The average Bonchev–Trinajstić information content (AvgIpc) is 2.61. The molecule has 2 aromatic carbocycles. The molecule has 0 bridgehead atoms. The molecule has 0 saturated carbocycles. The third kappa shape index (κ3) is 5.74. The molecule has 1 atom stereocenters. The summed E-state index contributed by atoms with van der Waals surface area (Å²) in [5.41, 5.74) is -1.73. The molecule has 1 unspecified atom stereocenters. The SMILES string of the molecule is CCCc1cc(F)c(C(F)(F)Oc2ccc(OC(F)(F)C(F)C(F)(F)F)c(F)c2)c(F)c1. The number of hydrogen-bond acceptors (Lipinski definition) is 2. The van der Waals surface area contributed by atoms with Gasteiger partial charge in [-0.1, -0.05) is 13.3 Å². The van der Waals surface area contributed by atoms with Crippen LogP contribution in [0.15, 0.2) is 30.3 Å². The summed E-state index contributed by atoms with van der Waals surface area (Å²) in [6.07, 6.45) is -20.4. The normalized spacial score (nSPS) is 13.8. The van der Waals surface area contributed by atoms with E-state index in [2.05, 4.69) is 9.47 Å². The number of rotatable bonds is 8. The lowest BCUT2D eigenvalue weighted by atomic mass is 10.1. The van der Waals surface area contributed by atoms with Gasteiger partial charge in [-0.05, 0) is 36.2 Å². The van der Waals surface area contributed by atoms with Gasteiger partial charge in [0, 0.05) is 6.07 Å². The maximum atomic E-state index is 14.3. The van der Waals surface area contributed by atoms with Crippen LogP contribution in [0.3, 0.4) is 0 Å². The van der Waals surface area contributed by atoms with Crippen molar-refractivity contribution < 1.29 is 57.8 Å². The zero-order chi connectivity index (χ0) is 24.5. The summed E-state index contributed by atoms with van der Waals surface area (Å²) < 4.78 is 154. The zero-order valence-corrected chi connectivity index (χ0v) is 15.9. The summed E-state index contributed by atoms with van der Waals surface area (Å²) in [7, 11) is 0. The van der Waals surface area contributed by atoms with Crippen LogP contribution in [0.5, 0.6) is 11.5 Å². The van der Waals surface area contributed by atoms with Gasteiger partial charge in [0.05, 0.1) is 0 Å². The van der Waals surface area contributed by atoms with Crippen molar-refractivity contribution in [3.8, 4) is 11.5 Å². The molecule has 178 valence electrons. The highest BCUT2D eigenvalue weighted by Gasteiger charge is 2.59. The molecule has 0 aliphatic carbocycles. The van der Waals surface area contributed by atoms with Crippen LogP contribution >= 0.6 is 0 Å². The molecule has 0 aromatic heterocycles. The lowest BCUT2D eigenvalue weighted by Crippen LogP contribution is -2.45. The van der Waals surface area contributed by atoms with E-state index < -0.39 is 59.1 Å². The Balaban J connectivity index is 2.27. The molecule has 32 heavy (non-hydrogen) atoms. The average molecular weight is 482 g/mol. The molecule has 2 aromatic rings. The minimum atomic E-state index is -6.04. The van der Waals surface area contributed by atoms with Crippen molar-refractivity contribution in [3.05, 3.63) is 58.9 Å². The quantitative estimate of drug-likeness (QED) is 0.375. The van der Waals surface area contributed by atoms with Crippen molar-refractivity contribution in [1.29, 1.82) is 0 Å². The second kappa shape index (κ2) is 9.02. The van der Waals surface area contributed by atoms with E-state index in [0.29, 0.717) is 24.6 Å². The first-order valence-corrected chi connectivity index (χ1v) is 8.71. The molecule has 0 aliphatic rings. The second-order valence-corrected chi connectivity index (χ2v) is 6.46. The number of alkyl halides is 8. The predicted molar refractivity (Wildman–Crippen MR) is 87.8 cm³/mol. The number of hydrogen-bond donors (Lipinski definition) is 0. The van der Waals surface area contributed by atoms with Crippen LogP contribution in [0.1, 0.15) is 24.5 Å². The molecule has 0 aliphatic heterocycles. The third-order valence-corrected chi connectivity index (χ3v) is 3.91. The van der Waals surface area contributed by atoms with Gasteiger partial charge in [-0.3, -0.25) is 0 Å². The highest BCUT2D eigenvalue weighted by atomic mass is 19.4. The fourth-order valence-electron chi connectivity index (χ4n) is 2.55. The maximum absolute atomic E-state index is 14.3. The van der Waals surface area contributed by atoms with E-state index >= 15 is 0 Å². The Hall–Kier alpha value is -2.73. The van der Waals surface area contributed by atoms with E-state index in [1.807, 2.05) is 0 Å². The minimum absolute atomic E-state index is 0.0264. The minimum Gasteiger partial charge on any atom is -0.429 e. The molecule has 0 radical (unpaired) electrons. The third-order valence-electron chi connectivity index (χ3n) is 3.91. The van der Waals surface area contributed by atoms with Gasteiger partial charge >= 0.3 is 18.4 Å². The highest BCUT2D eigenvalue weighted by Crippen LogP contribution is 2.39. The van der Waals surface area contributed by atoms with E-state index in [-0.39, 0.29) is 24.1 Å². The summed E-state index contributed by atoms with van der Waals surface area (Å²) in [4.78, 5) is 0. The molecule has 0 amide bonds. The lowest BCUT2D eigenvalue weighted by Gasteiger charge is -2.24. The van der Waals surface area contributed by atoms with E-state index in [1.54, 1.807) is 6.92 Å². The van der Waals surface area contributed by atoms with E-state index in [9.17, 15) is 48.3 Å². The van der Waals surface area contributed by atoms with Crippen molar-refractivity contribution in [2.75, 3.05) is 0 Å². The zero-order valence-electron chi connectivity index (χ0n) is 15.9. The monoisotopic (exact) mass is 482 g/mol. The summed E-state index contributed by atoms with van der Waals surface area (Å²) in [5, 5.41) is 0. The largest absolute Gasteiger partial charge is 0.439 e. The highest BCUT2D eigenvalue weighted by molar-refractivity contribution is 5.35. The van der Waals surface area contributed by atoms with Crippen LogP contribution in [0.2, 0.25) is 0 Å². The number of benzene rings is 2. The Morgan fingerprint density at radius 2 is 1.38 bits per heavy atom. The van der Waals surface area contributed by atoms with Crippen molar-refractivity contribution in [1.82, 2.24) is 0 Å². The van der Waals surface area contributed by atoms with Crippen molar-refractivity contribution in [2.24, 2.45) is 0 Å². The summed E-state index contributed by atoms with van der Waals surface area (Å²) >= 11 is 0. The second-order valence-electron chi connectivity index (χ2n) is 6.46. The topological polar surface area (TPSA) is 18.5 Å². The van der Waals surface area contributed by atoms with Crippen LogP contribution in [0, 0.1) is 17.5 Å². The molecule has 0 spiro atoms. The van der Waals surface area contributed by atoms with Crippen LogP contribution in [0.25, 0.3) is 0 Å². The van der Waals surface area contributed by atoms with Crippen LogP contribution in [0.4, 0.5) is 48.3 Å². The Labute approximate surface area is 173 Å². The first-order chi connectivity index (χ1) is 14.6. The first-order valence-electron chi connectivity index (χ1n) is 8.71. The predicted octanol–water partition coefficient (Wildman–Crippen LogP) is 7.06. The van der Waals surface area contributed by atoms with Crippen molar-refractivity contribution in [3.63, 3.8) is 0 Å². The van der Waals surface area contributed by atoms with Gasteiger partial charge in [0.25, 0.3) is 6.17 Å². The first kappa shape index (κ1) is 25.5. The Kier molecular flexibility index (Phi) is 7.20. The van der Waals surface area contributed by atoms with Gasteiger partial charge in [0.1, 0.15) is 22.9 Å². The fourth-order valence-corrected chi connectivity index (χ4v) is 2.55. The maximum Gasteiger partial charge on any atom is 0.439 e. The van der Waals surface area contributed by atoms with Crippen LogP contribution in [-0.2, 0) is 12.5 Å².